The summed E-state index contributed by atoms with van der Waals surface area (Å²) < 4.78 is 5.42. The van der Waals surface area contributed by atoms with Crippen LogP contribution in [0.25, 0.3) is 21.8 Å². The Morgan fingerprint density at radius 1 is 0.817 bits per heavy atom. The van der Waals surface area contributed by atoms with Crippen LogP contribution in [0.5, 0.6) is 5.75 Å². The topological polar surface area (TPSA) is 249 Å². The molecule has 3 aromatic heterocycles. The molecule has 4 heterocycles. The van der Waals surface area contributed by atoms with Crippen LogP contribution in [0.4, 0.5) is 0 Å². The van der Waals surface area contributed by atoms with Crippen LogP contribution in [0.3, 0.4) is 0 Å². The van der Waals surface area contributed by atoms with Crippen LogP contribution in [-0.2, 0) is 41.6 Å². The molecule has 7 amide bonds. The highest BCUT2D eigenvalue weighted by Crippen LogP contribution is 2.25. The Morgan fingerprint density at radius 3 is 2.22 bits per heavy atom. The Morgan fingerprint density at radius 2 is 1.50 bits per heavy atom. The zero-order valence-electron chi connectivity index (χ0n) is 33.4. The summed E-state index contributed by atoms with van der Waals surface area (Å²) in [6.07, 6.45) is 3.55. The molecule has 1 unspecified atom stereocenters. The number of carbonyl (C=O) groups is 7. The number of hydrogen-bond donors (Lipinski definition) is 8. The smallest absolute Gasteiger partial charge is 0.271 e. The highest BCUT2D eigenvalue weighted by atomic mass is 32.1. The molecular formula is C41H46N10O8S. The highest BCUT2D eigenvalue weighted by molar-refractivity contribution is 7.09. The van der Waals surface area contributed by atoms with Crippen molar-refractivity contribution >= 4 is 74.5 Å². The molecule has 18 nitrogen and oxygen atoms in total. The standard InChI is InChI=1S/C41H46N10O8S/c1-6-28-37(55)46-22(3)41(58)51(4)19-35(53)45-21(2)40-50-33(20-60-40)39(57)49-32(13-23-16-42-29-10-8-7-9-26(23)29)38(56)48-31(36(54)44-18-34(52)47-28)14-24-17-43-30-12-11-25(59-5)15-27(24)30/h7-12,15-17,20-21,28,31-32,42-43H,3,6,13-14,18-19H2,1-2,4-5H3,(H,44,54)(H,45,53)(H,46,55)(H,47,52)(H,48,56)(H,49,57)/t21?,28-,31-,32-/m0/s1. The van der Waals surface area contributed by atoms with Crippen LogP contribution in [0, 0.1) is 0 Å². The molecule has 1 aliphatic heterocycles. The summed E-state index contributed by atoms with van der Waals surface area (Å²) in [6, 6.07) is 8.57. The molecule has 0 spiro atoms. The van der Waals surface area contributed by atoms with Crippen molar-refractivity contribution in [3.05, 3.63) is 94.3 Å². The number of thiazole rings is 1. The van der Waals surface area contributed by atoms with E-state index in [9.17, 15) is 33.6 Å². The SMILES string of the molecule is C=C1NC(=O)[C@H](CC)NC(=O)CNC(=O)[C@H](Cc2c[nH]c3ccc(OC)cc23)NC(=O)[C@H](Cc2c[nH]c3ccccc23)NC(=O)c2csc(n2)C(C)NC(=O)CN(C)C1=O. The Hall–Kier alpha value is -7.02. The average Bonchev–Trinajstić information content (AvgIpc) is 4.00. The fourth-order valence-electron chi connectivity index (χ4n) is 6.75. The van der Waals surface area contributed by atoms with Crippen LogP contribution in [0.1, 0.15) is 52.9 Å². The third-order valence-corrected chi connectivity index (χ3v) is 11.0. The summed E-state index contributed by atoms with van der Waals surface area (Å²) in [6.45, 7) is 5.96. The van der Waals surface area contributed by atoms with Crippen molar-refractivity contribution in [3.8, 4) is 5.75 Å². The number of methoxy groups -OCH3 is 1. The van der Waals surface area contributed by atoms with Crippen LogP contribution >= 0.6 is 11.3 Å². The molecule has 2 bridgehead atoms. The number of rotatable bonds is 6. The average molecular weight is 839 g/mol. The Bertz CT molecular complexity index is 2470. The molecule has 2 aromatic carbocycles. The molecule has 314 valence electrons. The maximum absolute atomic E-state index is 14.4. The van der Waals surface area contributed by atoms with Crippen LogP contribution in [0.2, 0.25) is 0 Å². The number of carbonyl (C=O) groups excluding carboxylic acids is 7. The normalized spacial score (nSPS) is 20.8. The molecule has 6 rings (SSSR count). The third-order valence-electron chi connectivity index (χ3n) is 10.00. The van der Waals surface area contributed by atoms with E-state index < -0.39 is 78.6 Å². The van der Waals surface area contributed by atoms with Gasteiger partial charge in [-0.3, -0.25) is 33.6 Å². The number of amides is 7. The molecule has 4 atom stereocenters. The van der Waals surface area contributed by atoms with Gasteiger partial charge in [0.15, 0.2) is 0 Å². The van der Waals surface area contributed by atoms with Crippen LogP contribution in [0.15, 0.2) is 72.5 Å². The van der Waals surface area contributed by atoms with Crippen molar-refractivity contribution in [2.45, 2.75) is 57.3 Å². The minimum absolute atomic E-state index is 0.0138. The number of H-pyrrole nitrogens is 2. The van der Waals surface area contributed by atoms with Gasteiger partial charge in [0, 0.05) is 59.5 Å². The van der Waals surface area contributed by atoms with E-state index in [1.807, 2.05) is 30.3 Å². The van der Waals surface area contributed by atoms with Gasteiger partial charge < -0.3 is 51.5 Å². The minimum atomic E-state index is -1.27. The quantitative estimate of drug-likeness (QED) is 0.115. The number of likely N-dealkylation sites (N-methyl/N-ethyl adjacent to an activating group) is 1. The van der Waals surface area contributed by atoms with Gasteiger partial charge in [-0.05, 0) is 48.7 Å². The molecule has 0 fully saturated rings. The third kappa shape index (κ3) is 9.98. The zero-order chi connectivity index (χ0) is 43.1. The summed E-state index contributed by atoms with van der Waals surface area (Å²) in [5, 5.41) is 19.3. The first-order valence-corrected chi connectivity index (χ1v) is 20.0. The number of aromatic nitrogens is 3. The van der Waals surface area contributed by atoms with Gasteiger partial charge in [-0.1, -0.05) is 31.7 Å². The first kappa shape index (κ1) is 42.6. The number of hydrogen-bond acceptors (Lipinski definition) is 10. The van der Waals surface area contributed by atoms with Crippen molar-refractivity contribution in [2.24, 2.45) is 0 Å². The first-order chi connectivity index (χ1) is 28.7. The van der Waals surface area contributed by atoms with Crippen molar-refractivity contribution in [3.63, 3.8) is 0 Å². The van der Waals surface area contributed by atoms with Gasteiger partial charge in [0.25, 0.3) is 11.8 Å². The van der Waals surface area contributed by atoms with Gasteiger partial charge in [-0.25, -0.2) is 4.98 Å². The molecule has 0 aliphatic carbocycles. The predicted octanol–water partition coefficient (Wildman–Crippen LogP) is 1.47. The first-order valence-electron chi connectivity index (χ1n) is 19.1. The van der Waals surface area contributed by atoms with Gasteiger partial charge in [0.1, 0.15) is 34.6 Å². The summed E-state index contributed by atoms with van der Waals surface area (Å²) in [7, 11) is 2.88. The van der Waals surface area contributed by atoms with Crippen molar-refractivity contribution < 1.29 is 38.3 Å². The molecule has 0 saturated heterocycles. The van der Waals surface area contributed by atoms with E-state index in [1.165, 1.54) is 19.5 Å². The van der Waals surface area contributed by atoms with E-state index in [2.05, 4.69) is 53.4 Å². The van der Waals surface area contributed by atoms with Gasteiger partial charge >= 0.3 is 0 Å². The van der Waals surface area contributed by atoms with E-state index in [0.717, 1.165) is 43.6 Å². The van der Waals surface area contributed by atoms with E-state index in [1.54, 1.807) is 38.4 Å². The largest absolute Gasteiger partial charge is 0.497 e. The second kappa shape index (κ2) is 18.7. The number of aromatic amines is 2. The molecule has 60 heavy (non-hydrogen) atoms. The van der Waals surface area contributed by atoms with E-state index in [0.29, 0.717) is 16.3 Å². The molecule has 19 heteroatoms. The summed E-state index contributed by atoms with van der Waals surface area (Å²) in [5.74, 6) is -4.28. The minimum Gasteiger partial charge on any atom is -0.497 e. The number of nitrogens with zero attached hydrogens (tertiary/aromatic N) is 2. The lowest BCUT2D eigenvalue weighted by atomic mass is 10.0. The number of fused-ring (bicyclic) bond motifs is 4. The monoisotopic (exact) mass is 838 g/mol. The van der Waals surface area contributed by atoms with Crippen molar-refractivity contribution in [1.29, 1.82) is 0 Å². The van der Waals surface area contributed by atoms with E-state index in [4.69, 9.17) is 4.74 Å². The maximum atomic E-state index is 14.4. The summed E-state index contributed by atoms with van der Waals surface area (Å²) in [5.41, 5.74) is 2.60. The molecule has 0 saturated carbocycles. The second-order valence-electron chi connectivity index (χ2n) is 14.3. The number of para-hydroxylation sites is 1. The van der Waals surface area contributed by atoms with Crippen LogP contribution in [-0.4, -0.2) is 107 Å². The van der Waals surface area contributed by atoms with Gasteiger partial charge in [0.05, 0.1) is 31.9 Å². The lowest BCUT2D eigenvalue weighted by Gasteiger charge is -2.24. The highest BCUT2D eigenvalue weighted by Gasteiger charge is 2.31. The van der Waals surface area contributed by atoms with E-state index >= 15 is 0 Å². The van der Waals surface area contributed by atoms with Gasteiger partial charge in [-0.2, -0.15) is 0 Å². The predicted molar refractivity (Wildman–Crippen MR) is 223 cm³/mol. The van der Waals surface area contributed by atoms with E-state index in [-0.39, 0.29) is 30.7 Å². The zero-order valence-corrected chi connectivity index (χ0v) is 34.2. The Labute approximate surface area is 348 Å². The fraction of sp³-hybridized carbons (Fsp3) is 0.317. The molecular weight excluding hydrogens is 793 g/mol. The molecule has 0 radical (unpaired) electrons. The lowest BCUT2D eigenvalue weighted by molar-refractivity contribution is -0.134. The number of ether oxygens (including phenoxy) is 1. The van der Waals surface area contributed by atoms with Crippen molar-refractivity contribution in [2.75, 3.05) is 27.2 Å². The lowest BCUT2D eigenvalue weighted by Crippen LogP contribution is -2.56. The van der Waals surface area contributed by atoms with Gasteiger partial charge in [-0.15, -0.1) is 11.3 Å². The number of nitrogens with one attached hydrogen (secondary N) is 8. The second-order valence-corrected chi connectivity index (χ2v) is 15.2. The maximum Gasteiger partial charge on any atom is 0.271 e. The van der Waals surface area contributed by atoms with Gasteiger partial charge in [0.2, 0.25) is 29.5 Å². The Kier molecular flexibility index (Phi) is 13.3. The summed E-state index contributed by atoms with van der Waals surface area (Å²) in [4.78, 5) is 106. The van der Waals surface area contributed by atoms with Crippen LogP contribution < -0.4 is 36.6 Å². The summed E-state index contributed by atoms with van der Waals surface area (Å²) >= 11 is 1.11. The number of benzene rings is 2. The Balaban J connectivity index is 1.34. The molecule has 8 N–H and O–H groups in total. The molecule has 1 aliphatic rings. The fourth-order valence-corrected chi connectivity index (χ4v) is 7.56. The molecule has 5 aromatic rings. The van der Waals surface area contributed by atoms with Crippen molar-refractivity contribution in [1.82, 2.24) is 51.8 Å².